The molecule has 120 heavy (non-hydrogen) atoms. The molecule has 5 rings (SSSR count). The number of nitrogens with one attached hydrogen (secondary N) is 13. The average Bonchev–Trinajstić information content (AvgIpc) is 1.66. The summed E-state index contributed by atoms with van der Waals surface area (Å²) in [5.41, 5.74) is -7.03. The molecule has 12 unspecified atom stereocenters. The van der Waals surface area contributed by atoms with Gasteiger partial charge in [-0.05, 0) is 166 Å². The van der Waals surface area contributed by atoms with E-state index in [0.717, 1.165) is 20.9 Å². The highest BCUT2D eigenvalue weighted by molar-refractivity contribution is 6.04. The first-order chi connectivity index (χ1) is 55.4. The Morgan fingerprint density at radius 2 is 0.867 bits per heavy atom. The Kier molecular flexibility index (Phi) is 34.2. The lowest BCUT2D eigenvalue weighted by Crippen LogP contribution is -2.68. The van der Waals surface area contributed by atoms with Gasteiger partial charge in [0.25, 0.3) is 0 Å². The van der Waals surface area contributed by atoms with Crippen molar-refractivity contribution in [3.63, 3.8) is 0 Å². The Bertz CT molecular complexity index is 4120. The van der Waals surface area contributed by atoms with Gasteiger partial charge in [-0.15, -0.1) is 0 Å². The summed E-state index contributed by atoms with van der Waals surface area (Å²) in [6, 6.07) is 8.18. The third kappa shape index (κ3) is 26.9. The summed E-state index contributed by atoms with van der Waals surface area (Å²) in [5, 5.41) is 66.5. The highest BCUT2D eigenvalue weighted by Gasteiger charge is 2.52. The summed E-state index contributed by atoms with van der Waals surface area (Å²) in [7, 11) is 0. The molecule has 18 N–H and O–H groups in total. The van der Waals surface area contributed by atoms with Crippen LogP contribution in [0.1, 0.15) is 207 Å². The number of hydrogen-bond acceptors (Lipinski definition) is 20. The smallest absolute Gasteiger partial charge is 0.248 e. The van der Waals surface area contributed by atoms with Crippen molar-refractivity contribution in [1.29, 1.82) is 0 Å². The van der Waals surface area contributed by atoms with Gasteiger partial charge in [-0.25, -0.2) is 0 Å². The maximum absolute atomic E-state index is 14.8. The average molecular weight is 1690 g/mol. The molecule has 3 fully saturated rings. The van der Waals surface area contributed by atoms with Crippen LogP contribution >= 0.6 is 0 Å². The lowest BCUT2D eigenvalue weighted by molar-refractivity contribution is -0.149. The fourth-order valence-corrected chi connectivity index (χ4v) is 14.0. The van der Waals surface area contributed by atoms with Gasteiger partial charge in [-0.1, -0.05) is 88.4 Å². The van der Waals surface area contributed by atoms with Crippen molar-refractivity contribution in [2.45, 2.75) is 314 Å². The van der Waals surface area contributed by atoms with E-state index in [2.05, 4.69) is 69.1 Å². The second-order valence-corrected chi connectivity index (χ2v) is 35.7. The van der Waals surface area contributed by atoms with E-state index in [9.17, 15) is 96.8 Å². The molecule has 3 aliphatic heterocycles. The summed E-state index contributed by atoms with van der Waals surface area (Å²) in [5.74, 6) is -14.0. The lowest BCUT2D eigenvalue weighted by atomic mass is 9.93. The van der Waals surface area contributed by atoms with Crippen LogP contribution in [-0.4, -0.2) is 262 Å². The third-order valence-corrected chi connectivity index (χ3v) is 21.9. The lowest BCUT2D eigenvalue weighted by Gasteiger charge is -2.38. The van der Waals surface area contributed by atoms with Crippen LogP contribution in [0.4, 0.5) is 0 Å². The number of benzene rings is 2. The van der Waals surface area contributed by atoms with Gasteiger partial charge in [-0.3, -0.25) is 81.5 Å². The van der Waals surface area contributed by atoms with Gasteiger partial charge < -0.3 is 105 Å². The van der Waals surface area contributed by atoms with E-state index in [0.29, 0.717) is 19.3 Å². The Labute approximate surface area is 701 Å². The van der Waals surface area contributed by atoms with Crippen LogP contribution in [0.25, 0.3) is 0 Å². The normalized spacial score (nSPS) is 19.3. The molecule has 3 saturated heterocycles. The molecule has 0 aromatic heterocycles. The van der Waals surface area contributed by atoms with Gasteiger partial charge >= 0.3 is 0 Å². The van der Waals surface area contributed by atoms with Gasteiger partial charge in [0.05, 0.1) is 24.9 Å². The topological polar surface area (TPSA) is 543 Å². The first-order valence-corrected chi connectivity index (χ1v) is 40.7. The molecule has 3 aliphatic rings. The Morgan fingerprint density at radius 3 is 1.35 bits per heavy atom. The molecule has 0 spiro atoms. The Balaban J connectivity index is 1.20. The monoisotopic (exact) mass is 1680 g/mol. The number of primary amides is 1. The second-order valence-electron chi connectivity index (χ2n) is 35.7. The minimum Gasteiger partial charge on any atom is -0.394 e. The third-order valence-electron chi connectivity index (χ3n) is 21.9. The predicted molar refractivity (Wildman–Crippen MR) is 440 cm³/mol. The zero-order valence-corrected chi connectivity index (χ0v) is 72.9. The highest BCUT2D eigenvalue weighted by Crippen LogP contribution is 2.29. The number of aliphatic hydroxyl groups is 3. The summed E-state index contributed by atoms with van der Waals surface area (Å²) in [6.07, 6.45) is -3.18. The van der Waals surface area contributed by atoms with E-state index in [1.54, 1.807) is 58.0 Å². The number of carbonyl (C=O) groups excluding carboxylic acids is 17. The first-order valence-electron chi connectivity index (χ1n) is 40.7. The molecule has 12 atom stereocenters. The minimum absolute atomic E-state index is 0.00363. The fourth-order valence-electron chi connectivity index (χ4n) is 14.0. The minimum atomic E-state index is -1.92. The molecular formula is C83H129N17O20. The maximum atomic E-state index is 14.8. The molecule has 2 aromatic carbocycles. The van der Waals surface area contributed by atoms with Crippen molar-refractivity contribution >= 4 is 100 Å². The Morgan fingerprint density at radius 1 is 0.442 bits per heavy atom. The second kappa shape index (κ2) is 41.0. The standard InChI is InChI=1S/C83H129N17O20/c1-21-82(19,92-64(109)55(38-46(3)4)89-61(106)47(5)85-68(113)76(7,8)94-70(115)78(11,12)96-71(116)79(13,14)95-69(114)77(9,10)90-63(108)56(86-48(6)102)40-50-32-27-24-28-33-50)72(117)97-81(17,18)74(119)99-43-52(103)41-58(99)66(111)88-54(35-36-60(84)105)62(107)93-83(20,22-2)75(120)100-44-53(104)42-59(100)67(112)91-80(15,16)73(118)98-37-29-34-57(98)65(110)87-51(45-101)39-49-30-25-23-26-31-49/h23-28,30-33,46-47,51-59,101,103-104H,21-22,29,34-45H2,1-20H3,(H2,84,105)(H,85,113)(H,86,102)(H,87,110)(H,88,111)(H,89,106)(H,90,108)(H,91,112)(H,92,109)(H,93,107)(H,94,115)(H,95,114)(H,96,116)(H,97,117). The number of nitrogens with two attached hydrogens (primary N) is 1. The van der Waals surface area contributed by atoms with Gasteiger partial charge in [0.1, 0.15) is 86.6 Å². The maximum Gasteiger partial charge on any atom is 0.248 e. The zero-order valence-electron chi connectivity index (χ0n) is 72.9. The molecule has 0 saturated carbocycles. The quantitative estimate of drug-likeness (QED) is 0.0346. The SMILES string of the molecule is CCC(C)(NC(=O)C(CC(C)C)NC(=O)C(C)NC(=O)C(C)(C)NC(=O)C(C)(C)NC(=O)C(C)(C)NC(=O)C(C)(C)NC(=O)C(Cc1ccccc1)NC(C)=O)C(=O)NC(C)(C)C(=O)N1CC(O)CC1C(=O)NC(CCC(N)=O)C(=O)NC(C)(CC)C(=O)N1CC(O)CC1C(=O)NC(C)(C)C(=O)N1CCCC1C(=O)NC(CO)Cc1ccccc1. The van der Waals surface area contributed by atoms with E-state index in [4.69, 9.17) is 5.73 Å². The molecule has 3 heterocycles. The highest BCUT2D eigenvalue weighted by atomic mass is 16.3. The molecule has 2 aromatic rings. The van der Waals surface area contributed by atoms with Gasteiger partial charge in [0.2, 0.25) is 100 Å². The van der Waals surface area contributed by atoms with Crippen LogP contribution < -0.4 is 74.9 Å². The first kappa shape index (κ1) is 99.9. The van der Waals surface area contributed by atoms with E-state index in [1.807, 2.05) is 30.3 Å². The van der Waals surface area contributed by atoms with E-state index >= 15 is 0 Å². The number of β-amino-alcohol motifs (C(OH)–C–C–N with tert-alkyl or cyclic N) is 2. The van der Waals surface area contributed by atoms with Crippen molar-refractivity contribution in [2.75, 3.05) is 26.2 Å². The zero-order chi connectivity index (χ0) is 90.9. The van der Waals surface area contributed by atoms with Gasteiger partial charge in [0.15, 0.2) is 0 Å². The summed E-state index contributed by atoms with van der Waals surface area (Å²) < 4.78 is 0. The molecule has 0 aliphatic carbocycles. The molecular weight excluding hydrogens is 1560 g/mol. The number of carbonyl (C=O) groups is 17. The van der Waals surface area contributed by atoms with Crippen molar-refractivity contribution < 1.29 is 96.8 Å². The van der Waals surface area contributed by atoms with Crippen LogP contribution in [0.3, 0.4) is 0 Å². The molecule has 0 bridgehead atoms. The van der Waals surface area contributed by atoms with Crippen molar-refractivity contribution in [3.05, 3.63) is 71.8 Å². The molecule has 17 amide bonds. The fraction of sp³-hybridized carbons (Fsp3) is 0.651. The van der Waals surface area contributed by atoms with Crippen LogP contribution in [0, 0.1) is 5.92 Å². The van der Waals surface area contributed by atoms with Gasteiger partial charge in [-0.2, -0.15) is 0 Å². The van der Waals surface area contributed by atoms with Crippen LogP contribution in [0.15, 0.2) is 60.7 Å². The molecule has 0 radical (unpaired) electrons. The van der Waals surface area contributed by atoms with Crippen molar-refractivity contribution in [1.82, 2.24) is 83.8 Å². The number of amides is 17. The number of nitrogens with zero attached hydrogens (tertiary/aromatic N) is 3. The van der Waals surface area contributed by atoms with E-state index < -0.39 is 225 Å². The van der Waals surface area contributed by atoms with Crippen LogP contribution in [0.5, 0.6) is 0 Å². The van der Waals surface area contributed by atoms with Crippen molar-refractivity contribution in [2.24, 2.45) is 11.7 Å². The summed E-state index contributed by atoms with van der Waals surface area (Å²) in [4.78, 5) is 241. The van der Waals surface area contributed by atoms with Crippen LogP contribution in [0.2, 0.25) is 0 Å². The predicted octanol–water partition coefficient (Wildman–Crippen LogP) is -1.91. The van der Waals surface area contributed by atoms with E-state index in [1.165, 1.54) is 116 Å². The molecule has 37 nitrogen and oxygen atoms in total. The number of aliphatic hydroxyl groups excluding tert-OH is 3. The molecule has 666 valence electrons. The largest absolute Gasteiger partial charge is 0.394 e. The van der Waals surface area contributed by atoms with Crippen molar-refractivity contribution in [3.8, 4) is 0 Å². The Hall–Kier alpha value is -10.7. The van der Waals surface area contributed by atoms with Crippen LogP contribution in [-0.2, 0) is 94.3 Å². The number of likely N-dealkylation sites (tertiary alicyclic amines) is 3. The summed E-state index contributed by atoms with van der Waals surface area (Å²) in [6.45, 7) is 27.2. The number of rotatable bonds is 40. The van der Waals surface area contributed by atoms with E-state index in [-0.39, 0.29) is 64.1 Å². The molecule has 37 heteroatoms. The number of hydrogen-bond donors (Lipinski definition) is 17. The summed E-state index contributed by atoms with van der Waals surface area (Å²) >= 11 is 0. The van der Waals surface area contributed by atoms with Gasteiger partial charge in [0, 0.05) is 52.2 Å².